The van der Waals surface area contributed by atoms with Crippen LogP contribution in [0.1, 0.15) is 55.5 Å². The molecule has 0 aromatic carbocycles. The summed E-state index contributed by atoms with van der Waals surface area (Å²) in [6, 6.07) is 0.212. The summed E-state index contributed by atoms with van der Waals surface area (Å²) < 4.78 is 0. The number of nitrogens with one attached hydrogen (secondary N) is 1. The topological polar surface area (TPSA) is 37.8 Å². The SMILES string of the molecule is CNC(C)c1nc(C)c(C(C)C)c(C)n1. The third-order valence-electron chi connectivity index (χ3n) is 2.74. The first-order chi connectivity index (χ1) is 6.97. The molecule has 0 amide bonds. The normalized spacial score (nSPS) is 13.3. The van der Waals surface area contributed by atoms with E-state index in [1.54, 1.807) is 0 Å². The Morgan fingerprint density at radius 3 is 1.80 bits per heavy atom. The Labute approximate surface area is 92.3 Å². The minimum Gasteiger partial charge on any atom is -0.311 e. The van der Waals surface area contributed by atoms with Gasteiger partial charge < -0.3 is 5.32 Å². The number of aromatic nitrogens is 2. The second-order valence-electron chi connectivity index (χ2n) is 4.33. The molecule has 0 aliphatic heterocycles. The first-order valence-electron chi connectivity index (χ1n) is 5.49. The van der Waals surface area contributed by atoms with Crippen molar-refractivity contribution in [3.63, 3.8) is 0 Å². The zero-order valence-corrected chi connectivity index (χ0v) is 10.5. The molecule has 0 spiro atoms. The van der Waals surface area contributed by atoms with Gasteiger partial charge in [0.2, 0.25) is 0 Å². The van der Waals surface area contributed by atoms with Crippen LogP contribution in [-0.2, 0) is 0 Å². The van der Waals surface area contributed by atoms with Crippen LogP contribution in [0.4, 0.5) is 0 Å². The summed E-state index contributed by atoms with van der Waals surface area (Å²) in [6.45, 7) is 10.6. The molecule has 1 N–H and O–H groups in total. The Morgan fingerprint density at radius 2 is 1.47 bits per heavy atom. The summed E-state index contributed by atoms with van der Waals surface area (Å²) >= 11 is 0. The van der Waals surface area contributed by atoms with Crippen molar-refractivity contribution in [1.29, 1.82) is 0 Å². The van der Waals surface area contributed by atoms with Gasteiger partial charge in [-0.15, -0.1) is 0 Å². The van der Waals surface area contributed by atoms with E-state index in [0.717, 1.165) is 17.2 Å². The number of hydrogen-bond donors (Lipinski definition) is 1. The van der Waals surface area contributed by atoms with Crippen molar-refractivity contribution >= 4 is 0 Å². The molecule has 0 saturated heterocycles. The van der Waals surface area contributed by atoms with E-state index in [1.165, 1.54) is 5.56 Å². The van der Waals surface area contributed by atoms with Crippen LogP contribution < -0.4 is 5.32 Å². The summed E-state index contributed by atoms with van der Waals surface area (Å²) in [4.78, 5) is 9.10. The van der Waals surface area contributed by atoms with Gasteiger partial charge in [-0.25, -0.2) is 9.97 Å². The lowest BCUT2D eigenvalue weighted by Crippen LogP contribution is -2.18. The first kappa shape index (κ1) is 12.1. The van der Waals surface area contributed by atoms with E-state index in [4.69, 9.17) is 0 Å². The van der Waals surface area contributed by atoms with E-state index in [1.807, 2.05) is 7.05 Å². The summed E-state index contributed by atoms with van der Waals surface area (Å²) in [7, 11) is 1.93. The zero-order valence-electron chi connectivity index (χ0n) is 10.5. The molecule has 1 rings (SSSR count). The molecule has 0 aliphatic carbocycles. The first-order valence-corrected chi connectivity index (χ1v) is 5.49. The van der Waals surface area contributed by atoms with Crippen molar-refractivity contribution in [2.24, 2.45) is 0 Å². The molecular weight excluding hydrogens is 186 g/mol. The van der Waals surface area contributed by atoms with Gasteiger partial charge in [0.1, 0.15) is 5.82 Å². The Kier molecular flexibility index (Phi) is 3.80. The van der Waals surface area contributed by atoms with Gasteiger partial charge in [0, 0.05) is 11.4 Å². The fourth-order valence-corrected chi connectivity index (χ4v) is 1.91. The van der Waals surface area contributed by atoms with Gasteiger partial charge in [-0.2, -0.15) is 0 Å². The van der Waals surface area contributed by atoms with Gasteiger partial charge in [-0.05, 0) is 39.3 Å². The maximum atomic E-state index is 4.55. The van der Waals surface area contributed by atoms with Crippen molar-refractivity contribution < 1.29 is 0 Å². The number of aryl methyl sites for hydroxylation is 2. The summed E-state index contributed by atoms with van der Waals surface area (Å²) in [6.07, 6.45) is 0. The van der Waals surface area contributed by atoms with Crippen LogP contribution in [-0.4, -0.2) is 17.0 Å². The maximum absolute atomic E-state index is 4.55. The second kappa shape index (κ2) is 4.71. The largest absolute Gasteiger partial charge is 0.311 e. The van der Waals surface area contributed by atoms with Crippen molar-refractivity contribution in [2.75, 3.05) is 7.05 Å². The predicted molar refractivity (Wildman–Crippen MR) is 63.1 cm³/mol. The molecule has 3 nitrogen and oxygen atoms in total. The monoisotopic (exact) mass is 207 g/mol. The molecule has 15 heavy (non-hydrogen) atoms. The van der Waals surface area contributed by atoms with Gasteiger partial charge in [-0.3, -0.25) is 0 Å². The van der Waals surface area contributed by atoms with E-state index < -0.39 is 0 Å². The van der Waals surface area contributed by atoms with Crippen molar-refractivity contribution in [3.8, 4) is 0 Å². The Hall–Kier alpha value is -0.960. The van der Waals surface area contributed by atoms with E-state index in [2.05, 4.69) is 49.9 Å². The van der Waals surface area contributed by atoms with Gasteiger partial charge in [-0.1, -0.05) is 13.8 Å². The highest BCUT2D eigenvalue weighted by Gasteiger charge is 2.14. The van der Waals surface area contributed by atoms with Crippen LogP contribution in [0.15, 0.2) is 0 Å². The van der Waals surface area contributed by atoms with Gasteiger partial charge in [0.25, 0.3) is 0 Å². The highest BCUT2D eigenvalue weighted by molar-refractivity contribution is 5.27. The molecule has 1 aromatic heterocycles. The lowest BCUT2D eigenvalue weighted by atomic mass is 10.00. The number of rotatable bonds is 3. The molecule has 1 aromatic rings. The smallest absolute Gasteiger partial charge is 0.145 e. The van der Waals surface area contributed by atoms with Gasteiger partial charge in [0.05, 0.1) is 6.04 Å². The van der Waals surface area contributed by atoms with Crippen molar-refractivity contribution in [3.05, 3.63) is 22.8 Å². The lowest BCUT2D eigenvalue weighted by Gasteiger charge is -2.16. The Morgan fingerprint density at radius 1 is 1.00 bits per heavy atom. The standard InChI is InChI=1S/C12H21N3/c1-7(2)11-8(3)14-12(10(5)13-6)15-9(11)4/h7,10,13H,1-6H3. The fourth-order valence-electron chi connectivity index (χ4n) is 1.91. The Bertz CT molecular complexity index is 322. The predicted octanol–water partition coefficient (Wildman–Crippen LogP) is 2.50. The van der Waals surface area contributed by atoms with Crippen LogP contribution >= 0.6 is 0 Å². The molecule has 1 atom stereocenters. The average Bonchev–Trinajstić information content (AvgIpc) is 2.14. The fraction of sp³-hybridized carbons (Fsp3) is 0.667. The maximum Gasteiger partial charge on any atom is 0.145 e. The number of hydrogen-bond acceptors (Lipinski definition) is 3. The molecule has 0 fully saturated rings. The highest BCUT2D eigenvalue weighted by Crippen LogP contribution is 2.21. The quantitative estimate of drug-likeness (QED) is 0.827. The summed E-state index contributed by atoms with van der Waals surface area (Å²) in [5.74, 6) is 1.38. The van der Waals surface area contributed by atoms with E-state index in [-0.39, 0.29) is 6.04 Å². The molecule has 0 bridgehead atoms. The van der Waals surface area contributed by atoms with E-state index >= 15 is 0 Å². The van der Waals surface area contributed by atoms with Gasteiger partial charge >= 0.3 is 0 Å². The van der Waals surface area contributed by atoms with Crippen molar-refractivity contribution in [1.82, 2.24) is 15.3 Å². The van der Waals surface area contributed by atoms with E-state index in [0.29, 0.717) is 5.92 Å². The Balaban J connectivity index is 3.19. The molecule has 3 heteroatoms. The minimum absolute atomic E-state index is 0.212. The third kappa shape index (κ3) is 2.53. The van der Waals surface area contributed by atoms with Crippen LogP contribution in [0.5, 0.6) is 0 Å². The van der Waals surface area contributed by atoms with Crippen LogP contribution in [0, 0.1) is 13.8 Å². The molecule has 0 saturated carbocycles. The third-order valence-corrected chi connectivity index (χ3v) is 2.74. The molecular formula is C12H21N3. The van der Waals surface area contributed by atoms with Crippen molar-refractivity contribution in [2.45, 2.75) is 46.6 Å². The molecule has 1 heterocycles. The highest BCUT2D eigenvalue weighted by atomic mass is 15.0. The summed E-state index contributed by atoms with van der Waals surface area (Å²) in [5.41, 5.74) is 3.49. The molecule has 0 aliphatic rings. The summed E-state index contributed by atoms with van der Waals surface area (Å²) in [5, 5.41) is 3.16. The molecule has 84 valence electrons. The zero-order chi connectivity index (χ0) is 11.6. The molecule has 0 radical (unpaired) electrons. The second-order valence-corrected chi connectivity index (χ2v) is 4.33. The molecule has 1 unspecified atom stereocenters. The average molecular weight is 207 g/mol. The van der Waals surface area contributed by atoms with Crippen LogP contribution in [0.2, 0.25) is 0 Å². The minimum atomic E-state index is 0.212. The number of nitrogens with zero attached hydrogens (tertiary/aromatic N) is 2. The lowest BCUT2D eigenvalue weighted by molar-refractivity contribution is 0.600. The van der Waals surface area contributed by atoms with Crippen LogP contribution in [0.25, 0.3) is 0 Å². The van der Waals surface area contributed by atoms with E-state index in [9.17, 15) is 0 Å². The van der Waals surface area contributed by atoms with Crippen LogP contribution in [0.3, 0.4) is 0 Å². The van der Waals surface area contributed by atoms with Gasteiger partial charge in [0.15, 0.2) is 0 Å².